The number of ether oxygens (including phenoxy) is 2. The third kappa shape index (κ3) is 5.02. The van der Waals surface area contributed by atoms with Crippen molar-refractivity contribution >= 4 is 23.0 Å². The number of para-hydroxylation sites is 1. The summed E-state index contributed by atoms with van der Waals surface area (Å²) in [5.41, 5.74) is 3.03. The summed E-state index contributed by atoms with van der Waals surface area (Å²) in [6.45, 7) is -0.174. The predicted octanol–water partition coefficient (Wildman–Crippen LogP) is 4.33. The van der Waals surface area contributed by atoms with Crippen LogP contribution in [0.4, 0.5) is 17.1 Å². The summed E-state index contributed by atoms with van der Waals surface area (Å²) in [7, 11) is 1.48. The SMILES string of the molecule is COc1cc(C#N)ccc1OCC(=O)Nc1ccc(Nc2ccccc2)cc1. The van der Waals surface area contributed by atoms with Gasteiger partial charge in [0.1, 0.15) is 0 Å². The van der Waals surface area contributed by atoms with Crippen LogP contribution in [0.15, 0.2) is 72.8 Å². The highest BCUT2D eigenvalue weighted by atomic mass is 16.5. The Balaban J connectivity index is 1.54. The zero-order valence-electron chi connectivity index (χ0n) is 15.3. The minimum absolute atomic E-state index is 0.174. The molecule has 0 radical (unpaired) electrons. The molecule has 0 aliphatic rings. The molecular formula is C22H19N3O3. The molecule has 0 saturated heterocycles. The maximum absolute atomic E-state index is 12.1. The van der Waals surface area contributed by atoms with E-state index < -0.39 is 0 Å². The molecule has 3 aromatic carbocycles. The topological polar surface area (TPSA) is 83.4 Å². The zero-order chi connectivity index (χ0) is 19.8. The van der Waals surface area contributed by atoms with Crippen LogP contribution < -0.4 is 20.1 Å². The number of methoxy groups -OCH3 is 1. The molecule has 0 unspecified atom stereocenters. The van der Waals surface area contributed by atoms with Crippen LogP contribution >= 0.6 is 0 Å². The Kier molecular flexibility index (Phi) is 6.11. The molecule has 6 nitrogen and oxygen atoms in total. The van der Waals surface area contributed by atoms with E-state index in [-0.39, 0.29) is 12.5 Å². The quantitative estimate of drug-likeness (QED) is 0.644. The first-order valence-corrected chi connectivity index (χ1v) is 8.61. The largest absolute Gasteiger partial charge is 0.493 e. The number of nitrogens with one attached hydrogen (secondary N) is 2. The van der Waals surface area contributed by atoms with Crippen molar-refractivity contribution in [2.75, 3.05) is 24.4 Å². The molecule has 0 fully saturated rings. The minimum Gasteiger partial charge on any atom is -0.493 e. The number of nitrogens with zero attached hydrogens (tertiary/aromatic N) is 1. The third-order valence-electron chi connectivity index (χ3n) is 3.88. The van der Waals surface area contributed by atoms with Gasteiger partial charge in [-0.05, 0) is 48.5 Å². The lowest BCUT2D eigenvalue weighted by molar-refractivity contribution is -0.118. The summed E-state index contributed by atoms with van der Waals surface area (Å²) in [6, 6.07) is 24.0. The Labute approximate surface area is 163 Å². The molecule has 140 valence electrons. The average Bonchev–Trinajstić information content (AvgIpc) is 2.74. The smallest absolute Gasteiger partial charge is 0.262 e. The fraction of sp³-hybridized carbons (Fsp3) is 0.0909. The fourth-order valence-corrected chi connectivity index (χ4v) is 2.52. The van der Waals surface area contributed by atoms with Gasteiger partial charge in [-0.2, -0.15) is 5.26 Å². The Hall–Kier alpha value is -3.98. The summed E-state index contributed by atoms with van der Waals surface area (Å²) in [6.07, 6.45) is 0. The number of carbonyl (C=O) groups excluding carboxylic acids is 1. The lowest BCUT2D eigenvalue weighted by Gasteiger charge is -2.11. The second-order valence-electron chi connectivity index (χ2n) is 5.88. The first kappa shape index (κ1) is 18.8. The van der Waals surface area contributed by atoms with Crippen molar-refractivity contribution in [3.63, 3.8) is 0 Å². The van der Waals surface area contributed by atoms with Crippen molar-refractivity contribution < 1.29 is 14.3 Å². The van der Waals surface area contributed by atoms with Crippen LogP contribution in [0.3, 0.4) is 0 Å². The van der Waals surface area contributed by atoms with E-state index >= 15 is 0 Å². The molecule has 0 aliphatic heterocycles. The van der Waals surface area contributed by atoms with Gasteiger partial charge in [-0.25, -0.2) is 0 Å². The van der Waals surface area contributed by atoms with E-state index in [9.17, 15) is 4.79 Å². The van der Waals surface area contributed by atoms with Gasteiger partial charge in [0, 0.05) is 23.1 Å². The van der Waals surface area contributed by atoms with Crippen LogP contribution in [0.1, 0.15) is 5.56 Å². The third-order valence-corrected chi connectivity index (χ3v) is 3.88. The van der Waals surface area contributed by atoms with E-state index in [1.807, 2.05) is 60.7 Å². The number of hydrogen-bond acceptors (Lipinski definition) is 5. The van der Waals surface area contributed by atoms with Gasteiger partial charge in [-0.15, -0.1) is 0 Å². The van der Waals surface area contributed by atoms with Gasteiger partial charge in [0.25, 0.3) is 5.91 Å². The molecule has 0 bridgehead atoms. The molecule has 0 heterocycles. The molecule has 0 atom stereocenters. The van der Waals surface area contributed by atoms with E-state index in [2.05, 4.69) is 10.6 Å². The van der Waals surface area contributed by atoms with Crippen molar-refractivity contribution in [2.45, 2.75) is 0 Å². The van der Waals surface area contributed by atoms with Gasteiger partial charge in [-0.3, -0.25) is 4.79 Å². The van der Waals surface area contributed by atoms with Gasteiger partial charge in [-0.1, -0.05) is 18.2 Å². The van der Waals surface area contributed by atoms with E-state index in [4.69, 9.17) is 14.7 Å². The highest BCUT2D eigenvalue weighted by Gasteiger charge is 2.09. The molecule has 1 amide bonds. The maximum Gasteiger partial charge on any atom is 0.262 e. The van der Waals surface area contributed by atoms with E-state index in [0.717, 1.165) is 11.4 Å². The van der Waals surface area contributed by atoms with Crippen molar-refractivity contribution in [1.29, 1.82) is 5.26 Å². The molecule has 0 aliphatic carbocycles. The Morgan fingerprint density at radius 1 is 0.929 bits per heavy atom. The number of nitriles is 1. The standard InChI is InChI=1S/C22H19N3O3/c1-27-21-13-16(14-23)7-12-20(21)28-15-22(26)25-19-10-8-18(9-11-19)24-17-5-3-2-4-6-17/h2-13,24H,15H2,1H3,(H,25,26). The lowest BCUT2D eigenvalue weighted by Crippen LogP contribution is -2.20. The van der Waals surface area contributed by atoms with Crippen molar-refractivity contribution in [3.8, 4) is 17.6 Å². The summed E-state index contributed by atoms with van der Waals surface area (Å²) in [5, 5.41) is 15.0. The monoisotopic (exact) mass is 373 g/mol. The van der Waals surface area contributed by atoms with Crippen molar-refractivity contribution in [3.05, 3.63) is 78.4 Å². The number of amides is 1. The maximum atomic E-state index is 12.1. The first-order chi connectivity index (χ1) is 13.7. The van der Waals surface area contributed by atoms with E-state index in [1.165, 1.54) is 7.11 Å². The van der Waals surface area contributed by atoms with Crippen molar-refractivity contribution in [2.24, 2.45) is 0 Å². The molecule has 2 N–H and O–H groups in total. The highest BCUT2D eigenvalue weighted by Crippen LogP contribution is 2.27. The summed E-state index contributed by atoms with van der Waals surface area (Å²) < 4.78 is 10.7. The molecule has 0 saturated carbocycles. The normalized spacial score (nSPS) is 9.86. The fourth-order valence-electron chi connectivity index (χ4n) is 2.52. The van der Waals surface area contributed by atoms with Crippen LogP contribution in [0, 0.1) is 11.3 Å². The lowest BCUT2D eigenvalue weighted by atomic mass is 10.2. The predicted molar refractivity (Wildman–Crippen MR) is 108 cm³/mol. The number of anilines is 3. The van der Waals surface area contributed by atoms with Gasteiger partial charge < -0.3 is 20.1 Å². The molecule has 6 heteroatoms. The summed E-state index contributed by atoms with van der Waals surface area (Å²) in [4.78, 5) is 12.1. The molecule has 28 heavy (non-hydrogen) atoms. The van der Waals surface area contributed by atoms with Gasteiger partial charge >= 0.3 is 0 Å². The van der Waals surface area contributed by atoms with Crippen molar-refractivity contribution in [1.82, 2.24) is 0 Å². The van der Waals surface area contributed by atoms with Crippen LogP contribution in [0.5, 0.6) is 11.5 Å². The number of carbonyl (C=O) groups is 1. The van der Waals surface area contributed by atoms with Crippen LogP contribution in [0.2, 0.25) is 0 Å². The summed E-state index contributed by atoms with van der Waals surface area (Å²) in [5.74, 6) is 0.512. The Bertz CT molecular complexity index is 980. The number of rotatable bonds is 7. The Morgan fingerprint density at radius 3 is 2.29 bits per heavy atom. The van der Waals surface area contributed by atoms with Crippen LogP contribution in [-0.2, 0) is 4.79 Å². The summed E-state index contributed by atoms with van der Waals surface area (Å²) >= 11 is 0. The van der Waals surface area contributed by atoms with Gasteiger partial charge in [0.2, 0.25) is 0 Å². The van der Waals surface area contributed by atoms with Gasteiger partial charge in [0.05, 0.1) is 18.7 Å². The minimum atomic E-state index is -0.296. The second-order valence-corrected chi connectivity index (χ2v) is 5.88. The highest BCUT2D eigenvalue weighted by molar-refractivity contribution is 5.92. The number of hydrogen-bond donors (Lipinski definition) is 2. The molecular weight excluding hydrogens is 354 g/mol. The van der Waals surface area contributed by atoms with Gasteiger partial charge in [0.15, 0.2) is 18.1 Å². The Morgan fingerprint density at radius 2 is 1.61 bits per heavy atom. The molecule has 0 spiro atoms. The molecule has 3 rings (SSSR count). The second kappa shape index (κ2) is 9.10. The van der Waals surface area contributed by atoms with Crippen LogP contribution in [-0.4, -0.2) is 19.6 Å². The number of benzene rings is 3. The first-order valence-electron chi connectivity index (χ1n) is 8.61. The molecule has 0 aromatic heterocycles. The molecule has 3 aromatic rings. The van der Waals surface area contributed by atoms with E-state index in [0.29, 0.717) is 22.7 Å². The zero-order valence-corrected chi connectivity index (χ0v) is 15.3. The average molecular weight is 373 g/mol. The van der Waals surface area contributed by atoms with E-state index in [1.54, 1.807) is 18.2 Å². The van der Waals surface area contributed by atoms with Crippen LogP contribution in [0.25, 0.3) is 0 Å².